The molecule has 0 aliphatic carbocycles. The lowest BCUT2D eigenvalue weighted by atomic mass is 10.0. The van der Waals surface area contributed by atoms with Gasteiger partial charge < -0.3 is 10.7 Å². The largest absolute Gasteiger partial charge is 0.398 e. The Bertz CT molecular complexity index is 585. The van der Waals surface area contributed by atoms with Crippen LogP contribution in [0.25, 0.3) is 10.9 Å². The summed E-state index contributed by atoms with van der Waals surface area (Å²) >= 11 is 0. The summed E-state index contributed by atoms with van der Waals surface area (Å²) in [6, 6.07) is 6.69. The lowest BCUT2D eigenvalue weighted by molar-refractivity contribution is 0.280. The fourth-order valence-electron chi connectivity index (χ4n) is 3.23. The van der Waals surface area contributed by atoms with Gasteiger partial charge in [0.2, 0.25) is 0 Å². The number of nitrogens with zero attached hydrogens (tertiary/aromatic N) is 1. The van der Waals surface area contributed by atoms with Gasteiger partial charge in [0, 0.05) is 35.4 Å². The van der Waals surface area contributed by atoms with Gasteiger partial charge in [-0.3, -0.25) is 4.90 Å². The van der Waals surface area contributed by atoms with Crippen molar-refractivity contribution in [1.82, 2.24) is 9.88 Å². The van der Waals surface area contributed by atoms with Crippen LogP contribution < -0.4 is 5.73 Å². The van der Waals surface area contributed by atoms with Crippen molar-refractivity contribution >= 4 is 16.6 Å². The first kappa shape index (κ1) is 12.3. The fraction of sp³-hybridized carbons (Fsp3) is 0.375. The molecule has 2 aromatic rings. The second kappa shape index (κ2) is 5.10. The van der Waals surface area contributed by atoms with Crippen molar-refractivity contribution in [1.29, 1.82) is 0 Å². The summed E-state index contributed by atoms with van der Waals surface area (Å²) in [5.74, 6) is 0. The number of likely N-dealkylation sites (tertiary alicyclic amines) is 1. The number of benzene rings is 1. The number of nitrogens with two attached hydrogens (primary N) is 1. The molecule has 100 valence electrons. The molecule has 2 heterocycles. The van der Waals surface area contributed by atoms with E-state index in [0.717, 1.165) is 24.2 Å². The number of anilines is 1. The molecule has 0 spiro atoms. The molecule has 1 fully saturated rings. The molecule has 3 N–H and O–H groups in total. The Kier molecular flexibility index (Phi) is 3.30. The van der Waals surface area contributed by atoms with E-state index in [1.807, 2.05) is 18.2 Å². The zero-order valence-electron chi connectivity index (χ0n) is 11.2. The van der Waals surface area contributed by atoms with E-state index in [1.54, 1.807) is 0 Å². The number of hydrogen-bond donors (Lipinski definition) is 2. The molecule has 1 aromatic heterocycles. The maximum atomic E-state index is 6.12. The number of hydrogen-bond acceptors (Lipinski definition) is 2. The van der Waals surface area contributed by atoms with E-state index in [9.17, 15) is 0 Å². The molecule has 3 rings (SSSR count). The van der Waals surface area contributed by atoms with E-state index in [-0.39, 0.29) is 0 Å². The molecule has 19 heavy (non-hydrogen) atoms. The second-order valence-electron chi connectivity index (χ2n) is 5.37. The van der Waals surface area contributed by atoms with Crippen LogP contribution in [0.3, 0.4) is 0 Å². The van der Waals surface area contributed by atoms with Crippen molar-refractivity contribution in [3.8, 4) is 0 Å². The minimum absolute atomic E-state index is 0.622. The smallest absolute Gasteiger partial charge is 0.0477 e. The third kappa shape index (κ3) is 2.26. The van der Waals surface area contributed by atoms with E-state index in [4.69, 9.17) is 5.73 Å². The highest BCUT2D eigenvalue weighted by molar-refractivity contribution is 5.93. The van der Waals surface area contributed by atoms with Crippen molar-refractivity contribution in [2.75, 3.05) is 18.8 Å². The summed E-state index contributed by atoms with van der Waals surface area (Å²) < 4.78 is 0. The molecule has 1 aromatic carbocycles. The van der Waals surface area contributed by atoms with Crippen LogP contribution in [0.4, 0.5) is 5.69 Å². The van der Waals surface area contributed by atoms with Crippen LogP contribution in [0.5, 0.6) is 0 Å². The number of fused-ring (bicyclic) bond motifs is 1. The fourth-order valence-corrected chi connectivity index (χ4v) is 3.23. The third-order valence-electron chi connectivity index (χ3n) is 4.14. The van der Waals surface area contributed by atoms with Crippen LogP contribution in [0.2, 0.25) is 0 Å². The molecule has 0 saturated carbocycles. The Morgan fingerprint density at radius 1 is 1.47 bits per heavy atom. The zero-order chi connectivity index (χ0) is 13.2. The van der Waals surface area contributed by atoms with E-state index < -0.39 is 0 Å². The van der Waals surface area contributed by atoms with E-state index >= 15 is 0 Å². The summed E-state index contributed by atoms with van der Waals surface area (Å²) in [5, 5.41) is 1.20. The molecule has 1 unspecified atom stereocenters. The van der Waals surface area contributed by atoms with Crippen molar-refractivity contribution in [3.05, 3.63) is 42.6 Å². The van der Waals surface area contributed by atoms with Crippen LogP contribution in [-0.2, 0) is 6.42 Å². The number of aromatic nitrogens is 1. The van der Waals surface area contributed by atoms with Gasteiger partial charge in [-0.15, -0.1) is 6.58 Å². The second-order valence-corrected chi connectivity index (χ2v) is 5.37. The molecule has 0 bridgehead atoms. The molecule has 0 amide bonds. The Labute approximate surface area is 114 Å². The molecule has 0 radical (unpaired) electrons. The Morgan fingerprint density at radius 2 is 2.37 bits per heavy atom. The maximum absolute atomic E-state index is 6.12. The number of H-pyrrole nitrogens is 1. The molecular weight excluding hydrogens is 234 g/mol. The quantitative estimate of drug-likeness (QED) is 0.651. The van der Waals surface area contributed by atoms with E-state index in [1.165, 1.54) is 30.3 Å². The highest BCUT2D eigenvalue weighted by atomic mass is 15.2. The highest BCUT2D eigenvalue weighted by Crippen LogP contribution is 2.28. The third-order valence-corrected chi connectivity index (χ3v) is 4.14. The standard InChI is InChI=1S/C16H21N3/c1-2-8-19-9-4-5-13(19)10-12-11-18-15-7-3-6-14(17)16(12)15/h2-3,6-7,11,13,18H,1,4-5,8-10,17H2. The van der Waals surface area contributed by atoms with Gasteiger partial charge in [-0.25, -0.2) is 0 Å². The average molecular weight is 255 g/mol. The van der Waals surface area contributed by atoms with Crippen LogP contribution in [0.15, 0.2) is 37.1 Å². The average Bonchev–Trinajstić information content (AvgIpc) is 3.00. The van der Waals surface area contributed by atoms with Gasteiger partial charge in [0.25, 0.3) is 0 Å². The van der Waals surface area contributed by atoms with Gasteiger partial charge in [-0.1, -0.05) is 12.1 Å². The molecule has 1 aliphatic rings. The molecule has 1 saturated heterocycles. The van der Waals surface area contributed by atoms with Crippen molar-refractivity contribution < 1.29 is 0 Å². The predicted molar refractivity (Wildman–Crippen MR) is 81.2 cm³/mol. The predicted octanol–water partition coefficient (Wildman–Crippen LogP) is 2.94. The van der Waals surface area contributed by atoms with Crippen molar-refractivity contribution in [2.45, 2.75) is 25.3 Å². The Hall–Kier alpha value is -1.74. The Morgan fingerprint density at radius 3 is 3.21 bits per heavy atom. The minimum atomic E-state index is 0.622. The molecular formula is C16H21N3. The number of rotatable bonds is 4. The number of nitrogen functional groups attached to an aromatic ring is 1. The summed E-state index contributed by atoms with van der Waals surface area (Å²) in [4.78, 5) is 5.85. The van der Waals surface area contributed by atoms with Crippen LogP contribution in [0.1, 0.15) is 18.4 Å². The zero-order valence-corrected chi connectivity index (χ0v) is 11.2. The molecule has 3 heteroatoms. The summed E-state index contributed by atoms with van der Waals surface area (Å²) in [6.45, 7) is 6.03. The van der Waals surface area contributed by atoms with E-state index in [0.29, 0.717) is 6.04 Å². The Balaban J connectivity index is 1.87. The SMILES string of the molecule is C=CCN1CCCC1Cc1c[nH]c2cccc(N)c12. The van der Waals surface area contributed by atoms with Gasteiger partial charge in [0.1, 0.15) is 0 Å². The molecule has 1 atom stereocenters. The first-order valence-electron chi connectivity index (χ1n) is 6.99. The lowest BCUT2D eigenvalue weighted by Gasteiger charge is -2.22. The molecule has 3 nitrogen and oxygen atoms in total. The van der Waals surface area contributed by atoms with Gasteiger partial charge in [-0.2, -0.15) is 0 Å². The van der Waals surface area contributed by atoms with Crippen LogP contribution in [-0.4, -0.2) is 29.0 Å². The monoisotopic (exact) mass is 255 g/mol. The summed E-state index contributed by atoms with van der Waals surface area (Å²) in [7, 11) is 0. The van der Waals surface area contributed by atoms with Gasteiger partial charge in [0.05, 0.1) is 0 Å². The van der Waals surface area contributed by atoms with Crippen molar-refractivity contribution in [3.63, 3.8) is 0 Å². The van der Waals surface area contributed by atoms with Crippen LogP contribution in [0, 0.1) is 0 Å². The number of nitrogens with one attached hydrogen (secondary N) is 1. The lowest BCUT2D eigenvalue weighted by Crippen LogP contribution is -2.31. The normalized spacial score (nSPS) is 20.1. The first-order chi connectivity index (χ1) is 9.29. The van der Waals surface area contributed by atoms with Gasteiger partial charge in [-0.05, 0) is 43.5 Å². The summed E-state index contributed by atoms with van der Waals surface area (Å²) in [6.07, 6.45) is 7.75. The van der Waals surface area contributed by atoms with Crippen LogP contribution >= 0.6 is 0 Å². The minimum Gasteiger partial charge on any atom is -0.398 e. The number of aromatic amines is 1. The van der Waals surface area contributed by atoms with Gasteiger partial charge >= 0.3 is 0 Å². The van der Waals surface area contributed by atoms with Crippen molar-refractivity contribution in [2.24, 2.45) is 0 Å². The molecule has 1 aliphatic heterocycles. The van der Waals surface area contributed by atoms with Gasteiger partial charge in [0.15, 0.2) is 0 Å². The maximum Gasteiger partial charge on any atom is 0.0477 e. The topological polar surface area (TPSA) is 45.0 Å². The van der Waals surface area contributed by atoms with E-state index in [2.05, 4.69) is 28.7 Å². The summed E-state index contributed by atoms with van der Waals surface area (Å²) in [5.41, 5.74) is 9.48. The highest BCUT2D eigenvalue weighted by Gasteiger charge is 2.24. The first-order valence-corrected chi connectivity index (χ1v) is 6.99.